The molecule has 1 aliphatic rings. The van der Waals surface area contributed by atoms with Crippen LogP contribution < -0.4 is 0 Å². The Bertz CT molecular complexity index is 583. The second kappa shape index (κ2) is 11.7. The highest BCUT2D eigenvalue weighted by Gasteiger charge is 2.20. The minimum Gasteiger partial charge on any atom is -0.374 e. The highest BCUT2D eigenvalue weighted by atomic mass is 32.2. The molecule has 0 bridgehead atoms. The smallest absolute Gasteiger partial charge is 0.264 e. The van der Waals surface area contributed by atoms with Gasteiger partial charge < -0.3 is 14.2 Å². The molecule has 1 aromatic rings. The number of rotatable bonds is 12. The van der Waals surface area contributed by atoms with Crippen molar-refractivity contribution >= 4 is 10.1 Å². The molecule has 1 fully saturated rings. The monoisotopic (exact) mass is 386 g/mol. The zero-order chi connectivity index (χ0) is 18.7. The Morgan fingerprint density at radius 2 is 2.00 bits per heavy atom. The minimum atomic E-state index is -3.37. The van der Waals surface area contributed by atoms with Gasteiger partial charge in [-0.25, -0.2) is 0 Å². The molecule has 0 saturated carbocycles. The molecule has 0 radical (unpaired) electrons. The van der Waals surface area contributed by atoms with Crippen LogP contribution in [-0.4, -0.2) is 46.9 Å². The van der Waals surface area contributed by atoms with Crippen LogP contribution in [0.2, 0.25) is 0 Å². The van der Waals surface area contributed by atoms with Crippen molar-refractivity contribution in [2.45, 2.75) is 57.5 Å². The first-order valence-electron chi connectivity index (χ1n) is 9.26. The van der Waals surface area contributed by atoms with Crippen LogP contribution in [0.25, 0.3) is 0 Å². The maximum absolute atomic E-state index is 11.0. The zero-order valence-corrected chi connectivity index (χ0v) is 16.3. The van der Waals surface area contributed by atoms with E-state index in [1.807, 2.05) is 30.3 Å². The second-order valence-electron chi connectivity index (χ2n) is 6.58. The van der Waals surface area contributed by atoms with E-state index in [2.05, 4.69) is 0 Å². The molecular formula is C19H30O6S. The first-order chi connectivity index (χ1) is 12.5. The van der Waals surface area contributed by atoms with Gasteiger partial charge in [0.2, 0.25) is 0 Å². The normalized spacial score (nSPS) is 19.3. The van der Waals surface area contributed by atoms with E-state index in [1.54, 1.807) is 0 Å². The lowest BCUT2D eigenvalue weighted by molar-refractivity contribution is -0.200. The third-order valence-corrected chi connectivity index (χ3v) is 4.71. The summed E-state index contributed by atoms with van der Waals surface area (Å²) in [4.78, 5) is 0. The molecule has 1 saturated heterocycles. The van der Waals surface area contributed by atoms with Gasteiger partial charge in [0.15, 0.2) is 6.29 Å². The topological polar surface area (TPSA) is 71.1 Å². The van der Waals surface area contributed by atoms with Crippen LogP contribution in [0.1, 0.15) is 44.1 Å². The maximum atomic E-state index is 11.0. The van der Waals surface area contributed by atoms with E-state index in [4.69, 9.17) is 18.4 Å². The fourth-order valence-electron chi connectivity index (χ4n) is 2.79. The van der Waals surface area contributed by atoms with E-state index in [0.29, 0.717) is 19.6 Å². The highest BCUT2D eigenvalue weighted by Crippen LogP contribution is 2.18. The third-order valence-electron chi connectivity index (χ3n) is 4.12. The fraction of sp³-hybridized carbons (Fsp3) is 0.684. The molecule has 1 aliphatic heterocycles. The Kier molecular flexibility index (Phi) is 9.56. The standard InChI is InChI=1S/C19H30O6S/c1-26(20,21)24-14-8-5-11-18(25-19-12-6-7-13-23-19)16-22-15-17-9-3-2-4-10-17/h2-4,9-10,18-19H,5-8,11-16H2,1H3/t18-,19?/m0/s1. The first-order valence-corrected chi connectivity index (χ1v) is 11.1. The highest BCUT2D eigenvalue weighted by molar-refractivity contribution is 7.85. The Hall–Kier alpha value is -0.990. The third kappa shape index (κ3) is 9.64. The van der Waals surface area contributed by atoms with Crippen molar-refractivity contribution in [2.24, 2.45) is 0 Å². The first kappa shape index (κ1) is 21.3. The predicted octanol–water partition coefficient (Wildman–Crippen LogP) is 3.26. The molecule has 7 heteroatoms. The summed E-state index contributed by atoms with van der Waals surface area (Å²) >= 11 is 0. The average molecular weight is 387 g/mol. The van der Waals surface area contributed by atoms with Gasteiger partial charge in [0.05, 0.1) is 32.2 Å². The van der Waals surface area contributed by atoms with Crippen molar-refractivity contribution in [2.75, 3.05) is 26.1 Å². The van der Waals surface area contributed by atoms with Gasteiger partial charge in [-0.05, 0) is 44.1 Å². The van der Waals surface area contributed by atoms with Crippen molar-refractivity contribution < 1.29 is 26.8 Å². The lowest BCUT2D eigenvalue weighted by atomic mass is 10.1. The Morgan fingerprint density at radius 3 is 2.69 bits per heavy atom. The Morgan fingerprint density at radius 1 is 1.19 bits per heavy atom. The molecule has 0 N–H and O–H groups in total. The van der Waals surface area contributed by atoms with Gasteiger partial charge >= 0.3 is 0 Å². The number of hydrogen-bond donors (Lipinski definition) is 0. The molecule has 1 unspecified atom stereocenters. The SMILES string of the molecule is CS(=O)(=O)OCCCC[C@@H](COCc1ccccc1)OC1CCCCO1. The molecule has 2 atom stereocenters. The summed E-state index contributed by atoms with van der Waals surface area (Å²) in [5, 5.41) is 0. The van der Waals surface area contributed by atoms with Crippen LogP contribution in [0.4, 0.5) is 0 Å². The van der Waals surface area contributed by atoms with Crippen molar-refractivity contribution in [3.63, 3.8) is 0 Å². The summed E-state index contributed by atoms with van der Waals surface area (Å²) in [5.74, 6) is 0. The van der Waals surface area contributed by atoms with Crippen LogP contribution in [0.3, 0.4) is 0 Å². The van der Waals surface area contributed by atoms with Crippen LogP contribution in [0.15, 0.2) is 30.3 Å². The molecule has 6 nitrogen and oxygen atoms in total. The van der Waals surface area contributed by atoms with Gasteiger partial charge in [-0.2, -0.15) is 8.42 Å². The van der Waals surface area contributed by atoms with E-state index in [0.717, 1.165) is 50.5 Å². The fourth-order valence-corrected chi connectivity index (χ4v) is 3.21. The largest absolute Gasteiger partial charge is 0.374 e. The van der Waals surface area contributed by atoms with E-state index < -0.39 is 10.1 Å². The zero-order valence-electron chi connectivity index (χ0n) is 15.5. The van der Waals surface area contributed by atoms with Gasteiger partial charge in [0, 0.05) is 6.61 Å². The van der Waals surface area contributed by atoms with Gasteiger partial charge in [-0.15, -0.1) is 0 Å². The molecule has 148 valence electrons. The molecule has 2 rings (SSSR count). The molecular weight excluding hydrogens is 356 g/mol. The maximum Gasteiger partial charge on any atom is 0.264 e. The lowest BCUT2D eigenvalue weighted by Gasteiger charge is -2.28. The van der Waals surface area contributed by atoms with Gasteiger partial charge in [-0.1, -0.05) is 30.3 Å². The summed E-state index contributed by atoms with van der Waals surface area (Å²) in [6.07, 6.45) is 6.19. The van der Waals surface area contributed by atoms with E-state index in [9.17, 15) is 8.42 Å². The summed E-state index contributed by atoms with van der Waals surface area (Å²) in [6, 6.07) is 10.0. The summed E-state index contributed by atoms with van der Waals surface area (Å²) in [7, 11) is -3.37. The molecule has 0 aliphatic carbocycles. The van der Waals surface area contributed by atoms with Gasteiger partial charge in [0.25, 0.3) is 10.1 Å². The summed E-state index contributed by atoms with van der Waals surface area (Å²) in [6.45, 7) is 1.98. The van der Waals surface area contributed by atoms with Crippen molar-refractivity contribution in [1.29, 1.82) is 0 Å². The second-order valence-corrected chi connectivity index (χ2v) is 8.22. The van der Waals surface area contributed by atoms with Crippen molar-refractivity contribution in [3.8, 4) is 0 Å². The number of benzene rings is 1. The van der Waals surface area contributed by atoms with Crippen LogP contribution >= 0.6 is 0 Å². The molecule has 0 spiro atoms. The van der Waals surface area contributed by atoms with E-state index in [1.165, 1.54) is 0 Å². The number of unbranched alkanes of at least 4 members (excludes halogenated alkanes) is 1. The van der Waals surface area contributed by atoms with Gasteiger partial charge in [-0.3, -0.25) is 4.18 Å². The number of hydrogen-bond acceptors (Lipinski definition) is 6. The van der Waals surface area contributed by atoms with Gasteiger partial charge in [0.1, 0.15) is 0 Å². The molecule has 1 heterocycles. The summed E-state index contributed by atoms with van der Waals surface area (Å²) < 4.78 is 44.3. The van der Waals surface area contributed by atoms with Crippen molar-refractivity contribution in [1.82, 2.24) is 0 Å². The predicted molar refractivity (Wildman–Crippen MR) is 99.2 cm³/mol. The van der Waals surface area contributed by atoms with Crippen LogP contribution in [0.5, 0.6) is 0 Å². The number of ether oxygens (including phenoxy) is 3. The molecule has 0 amide bonds. The quantitative estimate of drug-likeness (QED) is 0.406. The Labute approximate surface area is 156 Å². The van der Waals surface area contributed by atoms with E-state index >= 15 is 0 Å². The van der Waals surface area contributed by atoms with Crippen molar-refractivity contribution in [3.05, 3.63) is 35.9 Å². The minimum absolute atomic E-state index is 0.0694. The Balaban J connectivity index is 1.72. The molecule has 0 aromatic heterocycles. The molecule has 1 aromatic carbocycles. The lowest BCUT2D eigenvalue weighted by Crippen LogP contribution is -2.30. The van der Waals surface area contributed by atoms with Crippen LogP contribution in [-0.2, 0) is 35.1 Å². The van der Waals surface area contributed by atoms with E-state index in [-0.39, 0.29) is 19.0 Å². The average Bonchev–Trinajstić information content (AvgIpc) is 2.62. The van der Waals surface area contributed by atoms with Crippen LogP contribution in [0, 0.1) is 0 Å². The summed E-state index contributed by atoms with van der Waals surface area (Å²) in [5.41, 5.74) is 1.13. The molecule has 26 heavy (non-hydrogen) atoms.